The summed E-state index contributed by atoms with van der Waals surface area (Å²) in [5.74, 6) is 0.628. The van der Waals surface area contributed by atoms with Crippen LogP contribution in [0.3, 0.4) is 0 Å². The Morgan fingerprint density at radius 2 is 1.57 bits per heavy atom. The summed E-state index contributed by atoms with van der Waals surface area (Å²) >= 11 is 3.36. The van der Waals surface area contributed by atoms with E-state index in [-0.39, 0.29) is 0 Å². The van der Waals surface area contributed by atoms with Crippen LogP contribution in [0, 0.1) is 5.92 Å². The van der Waals surface area contributed by atoms with Gasteiger partial charge in [-0.25, -0.2) is 0 Å². The predicted octanol–water partition coefficient (Wildman–Crippen LogP) is 4.45. The maximum atomic E-state index is 11.6. The van der Waals surface area contributed by atoms with Crippen molar-refractivity contribution in [2.45, 2.75) is 49.8 Å². The fraction of sp³-hybridized carbons (Fsp3) is 0.579. The van der Waals surface area contributed by atoms with Crippen LogP contribution in [0.15, 0.2) is 33.7 Å². The van der Waals surface area contributed by atoms with Crippen LogP contribution in [0.1, 0.15) is 43.2 Å². The van der Waals surface area contributed by atoms with Crippen molar-refractivity contribution in [3.05, 3.63) is 44.8 Å². The number of quaternary nitrogens is 1. The van der Waals surface area contributed by atoms with Gasteiger partial charge in [-0.2, -0.15) is 22.7 Å². The Balaban J connectivity index is 1.61. The molecular weight excluding hydrogens is 322 g/mol. The minimum atomic E-state index is -0.807. The topological polar surface area (TPSA) is 20.2 Å². The van der Waals surface area contributed by atoms with E-state index in [1.165, 1.54) is 30.2 Å². The van der Waals surface area contributed by atoms with E-state index < -0.39 is 5.60 Å². The fourth-order valence-corrected chi connectivity index (χ4v) is 6.43. The minimum absolute atomic E-state index is 0.628. The monoisotopic (exact) mass is 348 g/mol. The lowest BCUT2D eigenvalue weighted by Crippen LogP contribution is -2.55. The molecule has 0 spiro atoms. The third-order valence-electron chi connectivity index (χ3n) is 6.51. The number of piperidine rings is 1. The summed E-state index contributed by atoms with van der Waals surface area (Å²) in [5.41, 5.74) is 1.35. The van der Waals surface area contributed by atoms with Crippen LogP contribution in [0.2, 0.25) is 0 Å². The molecule has 124 valence electrons. The lowest BCUT2D eigenvalue weighted by atomic mass is 9.76. The van der Waals surface area contributed by atoms with Gasteiger partial charge in [0, 0.05) is 25.7 Å². The van der Waals surface area contributed by atoms with Crippen molar-refractivity contribution in [2.75, 3.05) is 14.1 Å². The summed E-state index contributed by atoms with van der Waals surface area (Å²) in [6, 6.07) is 5.76. The lowest BCUT2D eigenvalue weighted by Gasteiger charge is -2.45. The van der Waals surface area contributed by atoms with Crippen LogP contribution in [-0.2, 0) is 5.60 Å². The molecule has 2 aliphatic rings. The summed E-state index contributed by atoms with van der Waals surface area (Å²) in [6.45, 7) is 0. The largest absolute Gasteiger partial charge is 0.380 e. The third-order valence-corrected chi connectivity index (χ3v) is 7.87. The van der Waals surface area contributed by atoms with E-state index in [0.29, 0.717) is 5.92 Å². The van der Waals surface area contributed by atoms with Crippen LogP contribution in [0.4, 0.5) is 0 Å². The van der Waals surface area contributed by atoms with E-state index in [9.17, 15) is 5.11 Å². The average Bonchev–Trinajstić information content (AvgIpc) is 3.22. The quantitative estimate of drug-likeness (QED) is 0.809. The molecule has 2 saturated heterocycles. The number of aliphatic hydroxyl groups is 1. The first-order valence-electron chi connectivity index (χ1n) is 8.61. The molecule has 4 heterocycles. The number of hydrogen-bond acceptors (Lipinski definition) is 3. The van der Waals surface area contributed by atoms with E-state index in [1.54, 1.807) is 22.7 Å². The molecule has 0 radical (unpaired) electrons. The van der Waals surface area contributed by atoms with Gasteiger partial charge in [0.15, 0.2) is 0 Å². The highest BCUT2D eigenvalue weighted by molar-refractivity contribution is 7.08. The van der Waals surface area contributed by atoms with E-state index in [1.807, 2.05) is 0 Å². The van der Waals surface area contributed by atoms with Crippen molar-refractivity contribution in [3.63, 3.8) is 0 Å². The van der Waals surface area contributed by atoms with Gasteiger partial charge in [0.05, 0.1) is 26.2 Å². The number of rotatable bonds is 4. The van der Waals surface area contributed by atoms with Gasteiger partial charge >= 0.3 is 0 Å². The molecule has 2 bridgehead atoms. The minimum Gasteiger partial charge on any atom is -0.380 e. The van der Waals surface area contributed by atoms with E-state index in [0.717, 1.165) is 29.6 Å². The van der Waals surface area contributed by atoms with E-state index >= 15 is 0 Å². The molecule has 2 aromatic rings. The van der Waals surface area contributed by atoms with Crippen molar-refractivity contribution in [1.29, 1.82) is 0 Å². The van der Waals surface area contributed by atoms with Gasteiger partial charge in [0.2, 0.25) is 0 Å². The predicted molar refractivity (Wildman–Crippen MR) is 97.9 cm³/mol. The molecular formula is C19H26NOS2+. The Morgan fingerprint density at radius 3 is 2.00 bits per heavy atom. The molecule has 1 N–H and O–H groups in total. The highest BCUT2D eigenvalue weighted by Crippen LogP contribution is 2.47. The van der Waals surface area contributed by atoms with Crippen LogP contribution in [-0.4, -0.2) is 35.8 Å². The number of fused-ring (bicyclic) bond motifs is 2. The first kappa shape index (κ1) is 15.8. The summed E-state index contributed by atoms with van der Waals surface area (Å²) in [4.78, 5) is 0. The Kier molecular flexibility index (Phi) is 3.92. The van der Waals surface area contributed by atoms with E-state index in [4.69, 9.17) is 0 Å². The van der Waals surface area contributed by atoms with Crippen LogP contribution >= 0.6 is 22.7 Å². The SMILES string of the molecule is C[N+]1(C)[C@@H]2CC[C@@H]1CC(CC(O)(c1ccsc1)c1ccsc1)C2. The van der Waals surface area contributed by atoms with Crippen molar-refractivity contribution in [1.82, 2.24) is 0 Å². The summed E-state index contributed by atoms with van der Waals surface area (Å²) in [5, 5.41) is 20.0. The normalized spacial score (nSPS) is 29.8. The standard InChI is InChI=1S/C19H26NOS2/c1-20(2)17-3-4-18(20)10-14(9-17)11-19(21,15-5-7-22-12-15)16-6-8-23-13-16/h5-8,12-14,17-18,21H,3-4,9-11H2,1-2H3/q+1/t17-,18-/m1/s1. The van der Waals surface area contributed by atoms with Gasteiger partial charge in [-0.3, -0.25) is 0 Å². The van der Waals surface area contributed by atoms with Gasteiger partial charge in [-0.1, -0.05) is 0 Å². The van der Waals surface area contributed by atoms with Gasteiger partial charge < -0.3 is 9.59 Å². The molecule has 2 aliphatic heterocycles. The smallest absolute Gasteiger partial charge is 0.116 e. The molecule has 2 atom stereocenters. The third kappa shape index (κ3) is 2.60. The van der Waals surface area contributed by atoms with Crippen molar-refractivity contribution < 1.29 is 9.59 Å². The zero-order valence-electron chi connectivity index (χ0n) is 13.9. The van der Waals surface area contributed by atoms with Crippen LogP contribution in [0.5, 0.6) is 0 Å². The molecule has 4 heteroatoms. The number of nitrogens with zero attached hydrogens (tertiary/aromatic N) is 1. The summed E-state index contributed by atoms with van der Waals surface area (Å²) in [6.07, 6.45) is 6.13. The van der Waals surface area contributed by atoms with Gasteiger partial charge in [0.1, 0.15) is 5.60 Å². The second-order valence-corrected chi connectivity index (χ2v) is 9.50. The van der Waals surface area contributed by atoms with E-state index in [2.05, 4.69) is 47.7 Å². The molecule has 2 fully saturated rings. The van der Waals surface area contributed by atoms with Crippen LogP contribution < -0.4 is 0 Å². The summed E-state index contributed by atoms with van der Waals surface area (Å²) in [7, 11) is 4.81. The molecule has 0 amide bonds. The molecule has 0 saturated carbocycles. The highest BCUT2D eigenvalue weighted by Gasteiger charge is 2.50. The molecule has 0 unspecified atom stereocenters. The number of thiophene rings is 2. The zero-order chi connectivity index (χ0) is 16.1. The van der Waals surface area contributed by atoms with Gasteiger partial charge in [-0.15, -0.1) is 0 Å². The maximum Gasteiger partial charge on any atom is 0.116 e. The molecule has 2 nitrogen and oxygen atoms in total. The molecule has 2 aromatic heterocycles. The highest BCUT2D eigenvalue weighted by atomic mass is 32.1. The second-order valence-electron chi connectivity index (χ2n) is 7.94. The Morgan fingerprint density at radius 1 is 1.04 bits per heavy atom. The lowest BCUT2D eigenvalue weighted by molar-refractivity contribution is -0.931. The average molecular weight is 349 g/mol. The molecule has 4 rings (SSSR count). The van der Waals surface area contributed by atoms with Crippen LogP contribution in [0.25, 0.3) is 0 Å². The Hall–Kier alpha value is -0.680. The fourth-order valence-electron chi connectivity index (χ4n) is 4.98. The number of hydrogen-bond donors (Lipinski definition) is 1. The molecule has 0 aliphatic carbocycles. The van der Waals surface area contributed by atoms with Crippen molar-refractivity contribution in [3.8, 4) is 0 Å². The van der Waals surface area contributed by atoms with Gasteiger partial charge in [0.25, 0.3) is 0 Å². The zero-order valence-corrected chi connectivity index (χ0v) is 15.6. The van der Waals surface area contributed by atoms with Crippen molar-refractivity contribution >= 4 is 22.7 Å². The second kappa shape index (κ2) is 5.69. The molecule has 23 heavy (non-hydrogen) atoms. The first-order chi connectivity index (χ1) is 11.0. The first-order valence-corrected chi connectivity index (χ1v) is 10.5. The Bertz CT molecular complexity index is 597. The Labute approximate surface area is 147 Å². The van der Waals surface area contributed by atoms with Gasteiger partial charge in [-0.05, 0) is 57.1 Å². The molecule has 0 aromatic carbocycles. The van der Waals surface area contributed by atoms with Crippen molar-refractivity contribution in [2.24, 2.45) is 5.92 Å². The summed E-state index contributed by atoms with van der Waals surface area (Å²) < 4.78 is 1.20. The maximum absolute atomic E-state index is 11.6.